The molecule has 1 aromatic rings. The molecule has 0 bridgehead atoms. The predicted molar refractivity (Wildman–Crippen MR) is 51.6 cm³/mol. The average Bonchev–Trinajstić information content (AvgIpc) is 1.96. The summed E-state index contributed by atoms with van der Waals surface area (Å²) >= 11 is 0. The summed E-state index contributed by atoms with van der Waals surface area (Å²) in [6.45, 7) is 5.04. The van der Waals surface area contributed by atoms with Gasteiger partial charge >= 0.3 is 0 Å². The smallest absolute Gasteiger partial charge is 0.0376 e. The molecule has 0 aliphatic carbocycles. The fourth-order valence-corrected chi connectivity index (χ4v) is 1.19. The van der Waals surface area contributed by atoms with Crippen molar-refractivity contribution in [3.63, 3.8) is 0 Å². The monoisotopic (exact) mass is 164 g/mol. The molecule has 0 aliphatic heterocycles. The Morgan fingerprint density at radius 1 is 1.25 bits per heavy atom. The SMILES string of the molecule is Cc1ccc(CN(C)N)cc1C. The van der Waals surface area contributed by atoms with Gasteiger partial charge in [-0.05, 0) is 30.5 Å². The highest BCUT2D eigenvalue weighted by atomic mass is 15.4. The van der Waals surface area contributed by atoms with Gasteiger partial charge in [0.1, 0.15) is 0 Å². The van der Waals surface area contributed by atoms with Crippen LogP contribution in [0.5, 0.6) is 0 Å². The van der Waals surface area contributed by atoms with Crippen LogP contribution in [0.3, 0.4) is 0 Å². The molecule has 1 rings (SSSR count). The van der Waals surface area contributed by atoms with Crippen molar-refractivity contribution in [1.29, 1.82) is 0 Å². The first-order valence-corrected chi connectivity index (χ1v) is 4.11. The Labute approximate surface area is 74.0 Å². The Balaban J connectivity index is 2.82. The molecule has 0 fully saturated rings. The zero-order valence-electron chi connectivity index (χ0n) is 7.96. The molecule has 0 radical (unpaired) electrons. The van der Waals surface area contributed by atoms with Crippen molar-refractivity contribution in [3.8, 4) is 0 Å². The minimum atomic E-state index is 0.807. The molecule has 12 heavy (non-hydrogen) atoms. The van der Waals surface area contributed by atoms with Gasteiger partial charge in [0, 0.05) is 13.6 Å². The van der Waals surface area contributed by atoms with Gasteiger partial charge in [0.15, 0.2) is 0 Å². The Morgan fingerprint density at radius 2 is 1.92 bits per heavy atom. The van der Waals surface area contributed by atoms with Gasteiger partial charge in [-0.3, -0.25) is 5.84 Å². The topological polar surface area (TPSA) is 29.3 Å². The Morgan fingerprint density at radius 3 is 2.42 bits per heavy atom. The van der Waals surface area contributed by atoms with Crippen LogP contribution in [0.25, 0.3) is 0 Å². The maximum Gasteiger partial charge on any atom is 0.0376 e. The number of rotatable bonds is 2. The lowest BCUT2D eigenvalue weighted by Crippen LogP contribution is -2.24. The van der Waals surface area contributed by atoms with E-state index in [1.807, 2.05) is 7.05 Å². The summed E-state index contributed by atoms with van der Waals surface area (Å²) in [6, 6.07) is 6.43. The van der Waals surface area contributed by atoms with Gasteiger partial charge < -0.3 is 0 Å². The summed E-state index contributed by atoms with van der Waals surface area (Å²) in [5, 5.41) is 1.68. The van der Waals surface area contributed by atoms with Crippen LogP contribution in [0, 0.1) is 13.8 Å². The molecule has 0 atom stereocenters. The zero-order valence-corrected chi connectivity index (χ0v) is 7.96. The second kappa shape index (κ2) is 3.70. The van der Waals surface area contributed by atoms with Crippen LogP contribution >= 0.6 is 0 Å². The Hall–Kier alpha value is -0.860. The zero-order chi connectivity index (χ0) is 9.14. The maximum absolute atomic E-state index is 5.55. The van der Waals surface area contributed by atoms with Crippen molar-refractivity contribution >= 4 is 0 Å². The molecule has 0 aromatic heterocycles. The minimum Gasteiger partial charge on any atom is -0.269 e. The summed E-state index contributed by atoms with van der Waals surface area (Å²) in [7, 11) is 1.87. The number of hydrogen-bond donors (Lipinski definition) is 1. The summed E-state index contributed by atoms with van der Waals surface area (Å²) in [6.07, 6.45) is 0. The van der Waals surface area contributed by atoms with Crippen LogP contribution in [0.1, 0.15) is 16.7 Å². The average molecular weight is 164 g/mol. The Bertz CT molecular complexity index is 267. The van der Waals surface area contributed by atoms with Crippen molar-refractivity contribution in [3.05, 3.63) is 34.9 Å². The lowest BCUT2D eigenvalue weighted by atomic mass is 10.1. The third kappa shape index (κ3) is 2.32. The van der Waals surface area contributed by atoms with Gasteiger partial charge in [0.2, 0.25) is 0 Å². The molecular formula is C10H16N2. The molecule has 0 amide bonds. The van der Waals surface area contributed by atoms with E-state index in [0.29, 0.717) is 0 Å². The summed E-state index contributed by atoms with van der Waals surface area (Å²) in [4.78, 5) is 0. The fraction of sp³-hybridized carbons (Fsp3) is 0.400. The Kier molecular flexibility index (Phi) is 2.84. The summed E-state index contributed by atoms with van der Waals surface area (Å²) in [5.41, 5.74) is 3.93. The summed E-state index contributed by atoms with van der Waals surface area (Å²) < 4.78 is 0. The van der Waals surface area contributed by atoms with E-state index >= 15 is 0 Å². The van der Waals surface area contributed by atoms with Crippen LogP contribution < -0.4 is 5.84 Å². The molecular weight excluding hydrogens is 148 g/mol. The molecule has 0 unspecified atom stereocenters. The predicted octanol–water partition coefficient (Wildman–Crippen LogP) is 1.61. The van der Waals surface area contributed by atoms with Crippen molar-refractivity contribution in [2.45, 2.75) is 20.4 Å². The van der Waals surface area contributed by atoms with E-state index in [9.17, 15) is 0 Å². The van der Waals surface area contributed by atoms with Gasteiger partial charge in [-0.15, -0.1) is 0 Å². The van der Waals surface area contributed by atoms with Gasteiger partial charge in [0.05, 0.1) is 0 Å². The quantitative estimate of drug-likeness (QED) is 0.531. The molecule has 1 aromatic carbocycles. The molecule has 2 heteroatoms. The first-order chi connectivity index (χ1) is 5.59. The number of hydrogen-bond acceptors (Lipinski definition) is 2. The second-order valence-electron chi connectivity index (χ2n) is 3.33. The molecule has 0 aliphatic rings. The number of nitrogens with zero attached hydrogens (tertiary/aromatic N) is 1. The molecule has 0 saturated carbocycles. The van der Waals surface area contributed by atoms with E-state index in [1.54, 1.807) is 5.01 Å². The van der Waals surface area contributed by atoms with Gasteiger partial charge in [-0.25, -0.2) is 5.01 Å². The highest BCUT2D eigenvalue weighted by Crippen LogP contribution is 2.10. The minimum absolute atomic E-state index is 0.807. The van der Waals surface area contributed by atoms with Crippen LogP contribution in [0.2, 0.25) is 0 Å². The van der Waals surface area contributed by atoms with E-state index in [1.165, 1.54) is 16.7 Å². The standard InChI is InChI=1S/C10H16N2/c1-8-4-5-10(6-9(8)2)7-12(3)11/h4-6H,7,11H2,1-3H3. The number of nitrogens with two attached hydrogens (primary N) is 1. The van der Waals surface area contributed by atoms with E-state index in [2.05, 4.69) is 32.0 Å². The normalized spacial score (nSPS) is 10.8. The van der Waals surface area contributed by atoms with Gasteiger partial charge in [-0.1, -0.05) is 18.2 Å². The van der Waals surface area contributed by atoms with E-state index in [-0.39, 0.29) is 0 Å². The van der Waals surface area contributed by atoms with Crippen LogP contribution in [-0.4, -0.2) is 12.1 Å². The first-order valence-electron chi connectivity index (χ1n) is 4.11. The van der Waals surface area contributed by atoms with Crippen LogP contribution in [-0.2, 0) is 6.54 Å². The fourth-order valence-electron chi connectivity index (χ4n) is 1.19. The molecule has 0 spiro atoms. The number of hydrazine groups is 1. The van der Waals surface area contributed by atoms with E-state index < -0.39 is 0 Å². The maximum atomic E-state index is 5.55. The van der Waals surface area contributed by atoms with Crippen molar-refractivity contribution < 1.29 is 0 Å². The van der Waals surface area contributed by atoms with Gasteiger partial charge in [-0.2, -0.15) is 0 Å². The van der Waals surface area contributed by atoms with Crippen molar-refractivity contribution in [1.82, 2.24) is 5.01 Å². The third-order valence-electron chi connectivity index (χ3n) is 2.00. The number of benzene rings is 1. The van der Waals surface area contributed by atoms with Crippen LogP contribution in [0.4, 0.5) is 0 Å². The van der Waals surface area contributed by atoms with Crippen LogP contribution in [0.15, 0.2) is 18.2 Å². The number of aryl methyl sites for hydroxylation is 2. The molecule has 66 valence electrons. The molecule has 2 N–H and O–H groups in total. The lowest BCUT2D eigenvalue weighted by molar-refractivity contribution is 0.341. The van der Waals surface area contributed by atoms with Crippen molar-refractivity contribution in [2.75, 3.05) is 7.05 Å². The molecule has 2 nitrogen and oxygen atoms in total. The lowest BCUT2D eigenvalue weighted by Gasteiger charge is -2.10. The third-order valence-corrected chi connectivity index (χ3v) is 2.00. The summed E-state index contributed by atoms with van der Waals surface area (Å²) in [5.74, 6) is 5.55. The van der Waals surface area contributed by atoms with E-state index in [4.69, 9.17) is 5.84 Å². The second-order valence-corrected chi connectivity index (χ2v) is 3.33. The first kappa shape index (κ1) is 9.23. The van der Waals surface area contributed by atoms with Gasteiger partial charge in [0.25, 0.3) is 0 Å². The highest BCUT2D eigenvalue weighted by Gasteiger charge is 1.97. The molecule has 0 heterocycles. The van der Waals surface area contributed by atoms with Crippen molar-refractivity contribution in [2.24, 2.45) is 5.84 Å². The molecule has 0 saturated heterocycles. The highest BCUT2D eigenvalue weighted by molar-refractivity contribution is 5.29. The largest absolute Gasteiger partial charge is 0.269 e. The van der Waals surface area contributed by atoms with E-state index in [0.717, 1.165) is 6.54 Å².